The number of halogens is 1. The van der Waals surface area contributed by atoms with E-state index in [0.717, 1.165) is 20.7 Å². The number of rotatable bonds is 7. The summed E-state index contributed by atoms with van der Waals surface area (Å²) < 4.78 is 1.02. The Morgan fingerprint density at radius 1 is 1.45 bits per heavy atom. The predicted octanol–water partition coefficient (Wildman–Crippen LogP) is 4.16. The number of benzene rings is 1. The van der Waals surface area contributed by atoms with Crippen molar-refractivity contribution < 1.29 is 9.90 Å². The molecule has 0 bridgehead atoms. The van der Waals surface area contributed by atoms with Crippen LogP contribution in [0.4, 0.5) is 0 Å². The topological polar surface area (TPSA) is 62.2 Å². The Hall–Kier alpha value is -1.24. The highest BCUT2D eigenvalue weighted by atomic mass is 79.9. The molecule has 2 aromatic rings. The normalized spacial score (nSPS) is 12.5. The second kappa shape index (κ2) is 7.85. The standard InChI is InChI=1S/C16H19BrN2O2S/c1-10(2)6-14(16(20)21)18-8-13-9-22-15(19-13)11-4-3-5-12(17)7-11/h3-5,7,9-10,14,18H,6,8H2,1-2H3,(H,20,21). The number of carboxylic acids is 1. The van der Waals surface area contributed by atoms with Crippen molar-refractivity contribution in [3.63, 3.8) is 0 Å². The molecule has 0 aliphatic heterocycles. The average molecular weight is 383 g/mol. The Bertz CT molecular complexity index is 643. The van der Waals surface area contributed by atoms with Crippen LogP contribution in [0, 0.1) is 5.92 Å². The molecule has 0 amide bonds. The van der Waals surface area contributed by atoms with Gasteiger partial charge in [-0.15, -0.1) is 11.3 Å². The SMILES string of the molecule is CC(C)CC(NCc1csc(-c2cccc(Br)c2)n1)C(=O)O. The number of aromatic nitrogens is 1. The van der Waals surface area contributed by atoms with E-state index in [1.54, 1.807) is 11.3 Å². The number of aliphatic carboxylic acids is 1. The molecule has 0 fully saturated rings. The third-order valence-electron chi connectivity index (χ3n) is 3.16. The molecule has 1 heterocycles. The fourth-order valence-electron chi connectivity index (χ4n) is 2.11. The lowest BCUT2D eigenvalue weighted by Crippen LogP contribution is -2.37. The predicted molar refractivity (Wildman–Crippen MR) is 93.0 cm³/mol. The first-order valence-electron chi connectivity index (χ1n) is 7.12. The van der Waals surface area contributed by atoms with Crippen molar-refractivity contribution >= 4 is 33.2 Å². The lowest BCUT2D eigenvalue weighted by molar-refractivity contribution is -0.140. The lowest BCUT2D eigenvalue weighted by Gasteiger charge is -2.15. The molecule has 0 aliphatic carbocycles. The molecule has 6 heteroatoms. The number of hydrogen-bond donors (Lipinski definition) is 2. The Kier molecular flexibility index (Phi) is 6.11. The molecule has 0 aliphatic rings. The summed E-state index contributed by atoms with van der Waals surface area (Å²) in [5.74, 6) is -0.475. The van der Waals surface area contributed by atoms with Crippen LogP contribution in [0.15, 0.2) is 34.1 Å². The number of thiazole rings is 1. The van der Waals surface area contributed by atoms with E-state index in [2.05, 4.69) is 26.2 Å². The van der Waals surface area contributed by atoms with E-state index in [9.17, 15) is 9.90 Å². The van der Waals surface area contributed by atoms with E-state index in [1.165, 1.54) is 0 Å². The maximum absolute atomic E-state index is 11.2. The second-order valence-electron chi connectivity index (χ2n) is 5.56. The third kappa shape index (κ3) is 4.90. The Morgan fingerprint density at radius 2 is 2.23 bits per heavy atom. The van der Waals surface area contributed by atoms with Crippen molar-refractivity contribution in [2.75, 3.05) is 0 Å². The maximum atomic E-state index is 11.2. The minimum atomic E-state index is -0.809. The molecule has 2 N–H and O–H groups in total. The van der Waals surface area contributed by atoms with Crippen LogP contribution in [0.1, 0.15) is 26.0 Å². The average Bonchev–Trinajstić information content (AvgIpc) is 2.91. The van der Waals surface area contributed by atoms with Gasteiger partial charge in [0.25, 0.3) is 0 Å². The molecule has 0 saturated carbocycles. The molecule has 1 unspecified atom stereocenters. The number of hydrogen-bond acceptors (Lipinski definition) is 4. The highest BCUT2D eigenvalue weighted by Gasteiger charge is 2.18. The van der Waals surface area contributed by atoms with Crippen molar-refractivity contribution in [1.82, 2.24) is 10.3 Å². The molecular weight excluding hydrogens is 364 g/mol. The van der Waals surface area contributed by atoms with E-state index < -0.39 is 12.0 Å². The Labute approximate surface area is 142 Å². The number of carbonyl (C=O) groups is 1. The summed E-state index contributed by atoms with van der Waals surface area (Å²) in [6.07, 6.45) is 0.609. The zero-order chi connectivity index (χ0) is 16.1. The van der Waals surface area contributed by atoms with Gasteiger partial charge >= 0.3 is 5.97 Å². The summed E-state index contributed by atoms with van der Waals surface area (Å²) in [6.45, 7) is 4.51. The van der Waals surface area contributed by atoms with Crippen molar-refractivity contribution in [3.8, 4) is 10.6 Å². The minimum Gasteiger partial charge on any atom is -0.480 e. The van der Waals surface area contributed by atoms with E-state index in [0.29, 0.717) is 18.9 Å². The van der Waals surface area contributed by atoms with Gasteiger partial charge in [0, 0.05) is 22.0 Å². The molecule has 0 radical (unpaired) electrons. The van der Waals surface area contributed by atoms with Gasteiger partial charge in [-0.05, 0) is 24.5 Å². The first-order chi connectivity index (χ1) is 10.5. The summed E-state index contributed by atoms with van der Waals surface area (Å²) in [7, 11) is 0. The van der Waals surface area contributed by atoms with Crippen molar-refractivity contribution in [3.05, 3.63) is 39.8 Å². The second-order valence-corrected chi connectivity index (χ2v) is 7.33. The third-order valence-corrected chi connectivity index (χ3v) is 4.59. The smallest absolute Gasteiger partial charge is 0.320 e. The number of carboxylic acid groups (broad SMARTS) is 1. The van der Waals surface area contributed by atoms with Gasteiger partial charge in [-0.1, -0.05) is 41.9 Å². The van der Waals surface area contributed by atoms with Crippen LogP contribution >= 0.6 is 27.3 Å². The first-order valence-corrected chi connectivity index (χ1v) is 8.79. The van der Waals surface area contributed by atoms with Crippen molar-refractivity contribution in [2.45, 2.75) is 32.9 Å². The summed E-state index contributed by atoms with van der Waals surface area (Å²) in [6, 6.07) is 7.45. The van der Waals surface area contributed by atoms with E-state index >= 15 is 0 Å². The van der Waals surface area contributed by atoms with E-state index in [-0.39, 0.29) is 0 Å². The molecule has 1 aromatic heterocycles. The lowest BCUT2D eigenvalue weighted by atomic mass is 10.0. The van der Waals surface area contributed by atoms with Crippen LogP contribution in [-0.4, -0.2) is 22.1 Å². The molecular formula is C16H19BrN2O2S. The number of nitrogens with one attached hydrogen (secondary N) is 1. The van der Waals surface area contributed by atoms with E-state index in [4.69, 9.17) is 0 Å². The Morgan fingerprint density at radius 3 is 2.86 bits per heavy atom. The zero-order valence-electron chi connectivity index (χ0n) is 12.5. The van der Waals surface area contributed by atoms with Gasteiger partial charge in [0.2, 0.25) is 0 Å². The highest BCUT2D eigenvalue weighted by molar-refractivity contribution is 9.10. The molecule has 1 atom stereocenters. The minimum absolute atomic E-state index is 0.335. The van der Waals surface area contributed by atoms with Gasteiger partial charge in [-0.2, -0.15) is 0 Å². The summed E-state index contributed by atoms with van der Waals surface area (Å²) in [5.41, 5.74) is 1.93. The molecule has 22 heavy (non-hydrogen) atoms. The monoisotopic (exact) mass is 382 g/mol. The molecule has 2 rings (SSSR count). The van der Waals surface area contributed by atoms with Gasteiger partial charge in [0.1, 0.15) is 11.0 Å². The fraction of sp³-hybridized carbons (Fsp3) is 0.375. The van der Waals surface area contributed by atoms with Gasteiger partial charge in [0.05, 0.1) is 5.69 Å². The molecule has 0 spiro atoms. The van der Waals surface area contributed by atoms with Gasteiger partial charge < -0.3 is 5.11 Å². The molecule has 0 saturated heterocycles. The van der Waals surface area contributed by atoms with Crippen LogP contribution < -0.4 is 5.32 Å². The van der Waals surface area contributed by atoms with Crippen LogP contribution in [0.3, 0.4) is 0 Å². The summed E-state index contributed by atoms with van der Waals surface area (Å²) in [5, 5.41) is 15.2. The van der Waals surface area contributed by atoms with Crippen LogP contribution in [0.25, 0.3) is 10.6 Å². The summed E-state index contributed by atoms with van der Waals surface area (Å²) in [4.78, 5) is 15.8. The largest absolute Gasteiger partial charge is 0.480 e. The van der Waals surface area contributed by atoms with Gasteiger partial charge in [-0.25, -0.2) is 4.98 Å². The van der Waals surface area contributed by atoms with Crippen LogP contribution in [0.5, 0.6) is 0 Å². The molecule has 1 aromatic carbocycles. The number of nitrogens with zero attached hydrogens (tertiary/aromatic N) is 1. The maximum Gasteiger partial charge on any atom is 0.320 e. The van der Waals surface area contributed by atoms with Crippen molar-refractivity contribution in [2.24, 2.45) is 5.92 Å². The summed E-state index contributed by atoms with van der Waals surface area (Å²) >= 11 is 5.02. The molecule has 4 nitrogen and oxygen atoms in total. The van der Waals surface area contributed by atoms with Gasteiger partial charge in [-0.3, -0.25) is 10.1 Å². The Balaban J connectivity index is 2.01. The fourth-order valence-corrected chi connectivity index (χ4v) is 3.33. The quantitative estimate of drug-likeness (QED) is 0.754. The van der Waals surface area contributed by atoms with Crippen LogP contribution in [0.2, 0.25) is 0 Å². The van der Waals surface area contributed by atoms with E-state index in [1.807, 2.05) is 43.5 Å². The van der Waals surface area contributed by atoms with Gasteiger partial charge in [0.15, 0.2) is 0 Å². The highest BCUT2D eigenvalue weighted by Crippen LogP contribution is 2.26. The van der Waals surface area contributed by atoms with Crippen LogP contribution in [-0.2, 0) is 11.3 Å². The zero-order valence-corrected chi connectivity index (χ0v) is 14.9. The first kappa shape index (κ1) is 17.1. The van der Waals surface area contributed by atoms with Crippen molar-refractivity contribution in [1.29, 1.82) is 0 Å². The molecule has 118 valence electrons.